The van der Waals surface area contributed by atoms with Gasteiger partial charge in [0, 0.05) is 42.6 Å². The molecule has 1 saturated heterocycles. The highest BCUT2D eigenvalue weighted by Crippen LogP contribution is 2.25. The van der Waals surface area contributed by atoms with Crippen molar-refractivity contribution >= 4 is 17.2 Å². The van der Waals surface area contributed by atoms with Crippen LogP contribution in [0, 0.1) is 19.8 Å². The van der Waals surface area contributed by atoms with Crippen LogP contribution in [-0.4, -0.2) is 29.7 Å². The maximum Gasteiger partial charge on any atom is 0.307 e. The number of ether oxygens (including phenoxy) is 1. The Kier molecular flexibility index (Phi) is 5.58. The molecule has 1 fully saturated rings. The maximum absolute atomic E-state index is 12.0. The molecule has 0 aliphatic carbocycles. The molecule has 1 aliphatic rings. The van der Waals surface area contributed by atoms with Crippen molar-refractivity contribution in [2.24, 2.45) is 5.92 Å². The summed E-state index contributed by atoms with van der Waals surface area (Å²) in [5.74, 6) is 0.275. The molecule has 0 bridgehead atoms. The Hall–Kier alpha value is -1.40. The number of aryl methyl sites for hydroxylation is 1. The number of carbonyl (C=O) groups is 1. The molecule has 1 N–H and O–H groups in total. The molecule has 1 aromatic heterocycles. The number of nitrogens with zero attached hydrogens (tertiary/aromatic N) is 1. The largest absolute Gasteiger partial charge is 0.374 e. The normalized spacial score (nSPS) is 21.0. The lowest BCUT2D eigenvalue weighted by Crippen LogP contribution is -2.34. The van der Waals surface area contributed by atoms with Gasteiger partial charge in [-0.25, -0.2) is 0 Å². The van der Waals surface area contributed by atoms with Crippen molar-refractivity contribution in [1.29, 1.82) is 0 Å². The van der Waals surface area contributed by atoms with Crippen molar-refractivity contribution in [3.63, 3.8) is 0 Å². The number of carbonyl (C=O) groups excluding carboxylic acids is 1. The predicted octanol–water partition coefficient (Wildman–Crippen LogP) is 2.01. The van der Waals surface area contributed by atoms with Gasteiger partial charge in [0.15, 0.2) is 0 Å². The van der Waals surface area contributed by atoms with E-state index in [2.05, 4.69) is 11.9 Å². The van der Waals surface area contributed by atoms with Crippen LogP contribution in [0.3, 0.4) is 0 Å². The Morgan fingerprint density at radius 1 is 1.50 bits per heavy atom. The second kappa shape index (κ2) is 7.24. The highest BCUT2D eigenvalue weighted by Gasteiger charge is 2.28. The average Bonchev–Trinajstić information content (AvgIpc) is 3.01. The summed E-state index contributed by atoms with van der Waals surface area (Å²) in [6.45, 7) is 11.5. The summed E-state index contributed by atoms with van der Waals surface area (Å²) < 4.78 is 7.30. The Bertz CT molecular complexity index is 617. The van der Waals surface area contributed by atoms with Crippen molar-refractivity contribution in [1.82, 2.24) is 9.88 Å². The van der Waals surface area contributed by atoms with Crippen LogP contribution in [0.5, 0.6) is 0 Å². The zero-order chi connectivity index (χ0) is 16.3. The summed E-state index contributed by atoms with van der Waals surface area (Å²) in [6, 6.07) is 0. The molecule has 2 heterocycles. The molecule has 2 unspecified atom stereocenters. The van der Waals surface area contributed by atoms with Gasteiger partial charge in [-0.3, -0.25) is 9.59 Å². The molecule has 0 aromatic carbocycles. The Balaban J connectivity index is 1.81. The van der Waals surface area contributed by atoms with E-state index in [0.29, 0.717) is 25.4 Å². The molecule has 1 aliphatic heterocycles. The zero-order valence-corrected chi connectivity index (χ0v) is 14.3. The second-order valence-electron chi connectivity index (χ2n) is 5.90. The minimum absolute atomic E-state index is 0.00865. The first-order chi connectivity index (χ1) is 10.4. The Morgan fingerprint density at radius 2 is 2.23 bits per heavy atom. The fourth-order valence-corrected chi connectivity index (χ4v) is 3.64. The van der Waals surface area contributed by atoms with Crippen LogP contribution >= 0.6 is 11.3 Å². The zero-order valence-electron chi connectivity index (χ0n) is 13.5. The van der Waals surface area contributed by atoms with Crippen LogP contribution in [0.25, 0.3) is 0 Å². The van der Waals surface area contributed by atoms with Crippen LogP contribution in [0.2, 0.25) is 0 Å². The molecular formula is C16H24N2O3S. The van der Waals surface area contributed by atoms with Gasteiger partial charge in [0.1, 0.15) is 0 Å². The topological polar surface area (TPSA) is 60.3 Å². The van der Waals surface area contributed by atoms with Crippen LogP contribution in [0.1, 0.15) is 30.3 Å². The van der Waals surface area contributed by atoms with Crippen molar-refractivity contribution in [3.8, 4) is 0 Å². The quantitative estimate of drug-likeness (QED) is 0.814. The summed E-state index contributed by atoms with van der Waals surface area (Å²) in [6.07, 6.45) is 1.31. The fraction of sp³-hybridized carbons (Fsp3) is 0.625. The molecule has 1 amide bonds. The van der Waals surface area contributed by atoms with E-state index < -0.39 is 0 Å². The van der Waals surface area contributed by atoms with Gasteiger partial charge in [-0.05, 0) is 27.2 Å². The van der Waals surface area contributed by atoms with E-state index in [4.69, 9.17) is 4.74 Å². The van der Waals surface area contributed by atoms with Crippen molar-refractivity contribution < 1.29 is 9.53 Å². The summed E-state index contributed by atoms with van der Waals surface area (Å²) in [4.78, 5) is 24.8. The van der Waals surface area contributed by atoms with Crippen LogP contribution in [0.4, 0.5) is 0 Å². The third-order valence-corrected chi connectivity index (χ3v) is 5.20. The molecule has 5 nitrogen and oxygen atoms in total. The highest BCUT2D eigenvalue weighted by atomic mass is 32.1. The SMILES string of the molecule is C=C(C)C1OCCC1CNC(=O)CCn1c(C)c(C)sc1=O. The van der Waals surface area contributed by atoms with E-state index in [9.17, 15) is 9.59 Å². The van der Waals surface area contributed by atoms with Crippen molar-refractivity contribution in [2.45, 2.75) is 46.3 Å². The number of rotatable bonds is 6. The molecule has 0 saturated carbocycles. The smallest absolute Gasteiger partial charge is 0.307 e. The Labute approximate surface area is 135 Å². The summed E-state index contributed by atoms with van der Waals surface area (Å²) in [7, 11) is 0. The van der Waals surface area contributed by atoms with Gasteiger partial charge in [-0.2, -0.15) is 0 Å². The van der Waals surface area contributed by atoms with E-state index >= 15 is 0 Å². The van der Waals surface area contributed by atoms with E-state index in [1.165, 1.54) is 11.3 Å². The lowest BCUT2D eigenvalue weighted by atomic mass is 9.97. The van der Waals surface area contributed by atoms with Crippen molar-refractivity contribution in [3.05, 3.63) is 32.4 Å². The lowest BCUT2D eigenvalue weighted by Gasteiger charge is -2.19. The Morgan fingerprint density at radius 3 is 2.82 bits per heavy atom. The molecule has 2 rings (SSSR count). The van der Waals surface area contributed by atoms with E-state index in [0.717, 1.165) is 29.2 Å². The van der Waals surface area contributed by atoms with Crippen molar-refractivity contribution in [2.75, 3.05) is 13.2 Å². The van der Waals surface area contributed by atoms with Gasteiger partial charge in [0.25, 0.3) is 0 Å². The molecule has 2 atom stereocenters. The first-order valence-electron chi connectivity index (χ1n) is 7.60. The van der Waals surface area contributed by atoms with Gasteiger partial charge in [0.2, 0.25) is 5.91 Å². The first kappa shape index (κ1) is 17.0. The molecule has 0 radical (unpaired) electrons. The molecule has 122 valence electrons. The summed E-state index contributed by atoms with van der Waals surface area (Å²) in [5.41, 5.74) is 1.96. The third kappa shape index (κ3) is 3.87. The summed E-state index contributed by atoms with van der Waals surface area (Å²) >= 11 is 1.23. The molecule has 6 heteroatoms. The molecule has 22 heavy (non-hydrogen) atoms. The number of hydrogen-bond donors (Lipinski definition) is 1. The predicted molar refractivity (Wildman–Crippen MR) is 88.3 cm³/mol. The van der Waals surface area contributed by atoms with Crippen LogP contribution < -0.4 is 10.2 Å². The minimum Gasteiger partial charge on any atom is -0.374 e. The van der Waals surface area contributed by atoms with E-state index in [-0.39, 0.29) is 16.9 Å². The van der Waals surface area contributed by atoms with Gasteiger partial charge in [0.05, 0.1) is 6.10 Å². The maximum atomic E-state index is 12.0. The molecule has 0 spiro atoms. The van der Waals surface area contributed by atoms with E-state index in [1.807, 2.05) is 20.8 Å². The monoisotopic (exact) mass is 324 g/mol. The molecular weight excluding hydrogens is 300 g/mol. The molecule has 1 aromatic rings. The number of nitrogens with one attached hydrogen (secondary N) is 1. The van der Waals surface area contributed by atoms with Gasteiger partial charge in [-0.15, -0.1) is 0 Å². The number of aromatic nitrogens is 1. The average molecular weight is 324 g/mol. The van der Waals surface area contributed by atoms with Gasteiger partial charge in [-0.1, -0.05) is 23.5 Å². The highest BCUT2D eigenvalue weighted by molar-refractivity contribution is 7.09. The first-order valence-corrected chi connectivity index (χ1v) is 8.42. The second-order valence-corrected chi connectivity index (χ2v) is 7.07. The number of hydrogen-bond acceptors (Lipinski definition) is 4. The minimum atomic E-state index is -0.0254. The van der Waals surface area contributed by atoms with Crippen LogP contribution in [0.15, 0.2) is 16.9 Å². The van der Waals surface area contributed by atoms with Gasteiger partial charge < -0.3 is 14.6 Å². The third-order valence-electron chi connectivity index (χ3n) is 4.20. The number of amides is 1. The lowest BCUT2D eigenvalue weighted by molar-refractivity contribution is -0.121. The van der Waals surface area contributed by atoms with Crippen LogP contribution in [-0.2, 0) is 16.1 Å². The number of thiazole rings is 1. The standard InChI is InChI=1S/C16H24N2O3S/c1-10(2)15-13(6-8-21-15)9-17-14(19)5-7-18-11(3)12(4)22-16(18)20/h13,15H,1,5-9H2,2-4H3,(H,17,19). The summed E-state index contributed by atoms with van der Waals surface area (Å²) in [5, 5.41) is 2.95. The van der Waals surface area contributed by atoms with Gasteiger partial charge >= 0.3 is 4.87 Å². The fourth-order valence-electron chi connectivity index (χ4n) is 2.78. The van der Waals surface area contributed by atoms with E-state index in [1.54, 1.807) is 4.57 Å².